The van der Waals surface area contributed by atoms with Crippen LogP contribution in [0.25, 0.3) is 0 Å². The van der Waals surface area contributed by atoms with Gasteiger partial charge >= 0.3 is 0 Å². The highest BCUT2D eigenvalue weighted by molar-refractivity contribution is 9.10. The Morgan fingerprint density at radius 1 is 1.69 bits per heavy atom. The summed E-state index contributed by atoms with van der Waals surface area (Å²) < 4.78 is 0.969. The van der Waals surface area contributed by atoms with Gasteiger partial charge in [-0.15, -0.1) is 0 Å². The number of rotatable bonds is 0. The monoisotopic (exact) mass is 240 g/mol. The number of aromatic nitrogens is 1. The molecular weight excluding hydrogens is 232 g/mol. The minimum Gasteiger partial charge on any atom is -0.297 e. The van der Waals surface area contributed by atoms with Crippen molar-refractivity contribution in [3.05, 3.63) is 22.3 Å². The van der Waals surface area contributed by atoms with Crippen LogP contribution in [-0.4, -0.2) is 17.4 Å². The first-order valence-corrected chi connectivity index (χ1v) is 4.90. The van der Waals surface area contributed by atoms with Gasteiger partial charge in [-0.1, -0.05) is 0 Å². The van der Waals surface area contributed by atoms with E-state index in [0.29, 0.717) is 0 Å². The summed E-state index contributed by atoms with van der Waals surface area (Å²) in [7, 11) is 0. The molecule has 4 heteroatoms. The topological polar surface area (TPSA) is 33.2 Å². The molecule has 1 aromatic rings. The summed E-state index contributed by atoms with van der Waals surface area (Å²) in [4.78, 5) is 17.1. The van der Waals surface area contributed by atoms with E-state index in [1.165, 1.54) is 0 Å². The van der Waals surface area contributed by atoms with E-state index in [1.54, 1.807) is 18.0 Å². The van der Waals surface area contributed by atoms with Crippen molar-refractivity contribution < 1.29 is 4.79 Å². The van der Waals surface area contributed by atoms with Crippen LogP contribution < -0.4 is 4.90 Å². The maximum absolute atomic E-state index is 11.2. The average Bonchev–Trinajstić information content (AvgIpc) is 2.46. The summed E-state index contributed by atoms with van der Waals surface area (Å²) in [6, 6.07) is 2.02. The van der Waals surface area contributed by atoms with Crippen LogP contribution in [0.2, 0.25) is 0 Å². The van der Waals surface area contributed by atoms with Crippen molar-refractivity contribution in [2.24, 2.45) is 0 Å². The second-order valence-electron chi connectivity index (χ2n) is 3.06. The number of hydrogen-bond acceptors (Lipinski definition) is 2. The highest BCUT2D eigenvalue weighted by Gasteiger charge is 2.23. The lowest BCUT2D eigenvalue weighted by molar-refractivity contribution is -0.116. The molecule has 0 spiro atoms. The Morgan fingerprint density at radius 2 is 2.46 bits per heavy atom. The number of hydrogen-bond donors (Lipinski definition) is 0. The van der Waals surface area contributed by atoms with Gasteiger partial charge in [0.15, 0.2) is 0 Å². The van der Waals surface area contributed by atoms with Gasteiger partial charge in [0.05, 0.1) is 0 Å². The van der Waals surface area contributed by atoms with Gasteiger partial charge in [-0.3, -0.25) is 9.69 Å². The van der Waals surface area contributed by atoms with Gasteiger partial charge in [-0.25, -0.2) is 4.98 Å². The van der Waals surface area contributed by atoms with Crippen molar-refractivity contribution in [1.82, 2.24) is 4.98 Å². The van der Waals surface area contributed by atoms with E-state index in [2.05, 4.69) is 20.9 Å². The van der Waals surface area contributed by atoms with Crippen LogP contribution in [-0.2, 0) is 11.2 Å². The fraction of sp³-hybridized carbons (Fsp3) is 0.333. The van der Waals surface area contributed by atoms with Crippen molar-refractivity contribution in [2.45, 2.75) is 13.3 Å². The third-order valence-electron chi connectivity index (χ3n) is 2.15. The number of amides is 1. The highest BCUT2D eigenvalue weighted by atomic mass is 79.9. The lowest BCUT2D eigenvalue weighted by Gasteiger charge is -2.12. The number of carbonyl (C=O) groups excluding carboxylic acids is 1. The molecule has 0 aliphatic carbocycles. The second-order valence-corrected chi connectivity index (χ2v) is 3.97. The first-order valence-electron chi connectivity index (χ1n) is 4.11. The normalized spacial score (nSPS) is 14.5. The molecule has 3 nitrogen and oxygen atoms in total. The largest absolute Gasteiger partial charge is 0.297 e. The molecule has 0 N–H and O–H groups in total. The Morgan fingerprint density at radius 3 is 3.15 bits per heavy atom. The molecule has 1 aliphatic heterocycles. The van der Waals surface area contributed by atoms with Crippen LogP contribution in [0.4, 0.5) is 5.82 Å². The van der Waals surface area contributed by atoms with Gasteiger partial charge in [0.1, 0.15) is 5.82 Å². The first-order chi connectivity index (χ1) is 6.18. The zero-order valence-electron chi connectivity index (χ0n) is 7.25. The Hall–Kier alpha value is -0.900. The second kappa shape index (κ2) is 3.10. The SMILES string of the molecule is CC(=O)N1CCc2cc(Br)cnc21. The van der Waals surface area contributed by atoms with E-state index in [-0.39, 0.29) is 5.91 Å². The lowest BCUT2D eigenvalue weighted by Crippen LogP contribution is -2.26. The number of carbonyl (C=O) groups is 1. The smallest absolute Gasteiger partial charge is 0.225 e. The summed E-state index contributed by atoms with van der Waals surface area (Å²) in [5, 5.41) is 0. The zero-order chi connectivity index (χ0) is 9.42. The van der Waals surface area contributed by atoms with E-state index in [1.807, 2.05) is 6.07 Å². The van der Waals surface area contributed by atoms with Crippen molar-refractivity contribution in [3.63, 3.8) is 0 Å². The molecular formula is C9H9BrN2O. The summed E-state index contributed by atoms with van der Waals surface area (Å²) in [6.07, 6.45) is 2.63. The van der Waals surface area contributed by atoms with E-state index in [4.69, 9.17) is 0 Å². The van der Waals surface area contributed by atoms with E-state index in [0.717, 1.165) is 28.8 Å². The Labute approximate surface area is 84.9 Å². The molecule has 68 valence electrons. The summed E-state index contributed by atoms with van der Waals surface area (Å²) in [5.41, 5.74) is 1.14. The summed E-state index contributed by atoms with van der Waals surface area (Å²) >= 11 is 3.36. The molecule has 13 heavy (non-hydrogen) atoms. The number of fused-ring (bicyclic) bond motifs is 1. The summed E-state index contributed by atoms with van der Waals surface area (Å²) in [6.45, 7) is 2.33. The van der Waals surface area contributed by atoms with Crippen molar-refractivity contribution in [3.8, 4) is 0 Å². The number of anilines is 1. The van der Waals surface area contributed by atoms with Gasteiger partial charge in [0, 0.05) is 24.1 Å². The third kappa shape index (κ3) is 1.46. The van der Waals surface area contributed by atoms with Crippen LogP contribution in [0, 0.1) is 0 Å². The maximum atomic E-state index is 11.2. The molecule has 0 atom stereocenters. The van der Waals surface area contributed by atoms with Crippen molar-refractivity contribution in [2.75, 3.05) is 11.4 Å². The molecule has 0 bridgehead atoms. The average molecular weight is 241 g/mol. The number of nitrogens with zero attached hydrogens (tertiary/aromatic N) is 2. The quantitative estimate of drug-likeness (QED) is 0.693. The number of halogens is 1. The maximum Gasteiger partial charge on any atom is 0.225 e. The zero-order valence-corrected chi connectivity index (χ0v) is 8.84. The van der Waals surface area contributed by atoms with Gasteiger partial charge in [0.2, 0.25) is 5.91 Å². The molecule has 2 heterocycles. The molecule has 1 aromatic heterocycles. The van der Waals surface area contributed by atoms with Gasteiger partial charge in [0.25, 0.3) is 0 Å². The van der Waals surface area contributed by atoms with Crippen molar-refractivity contribution >= 4 is 27.7 Å². The Balaban J connectivity index is 2.44. The predicted molar refractivity (Wildman–Crippen MR) is 53.7 cm³/mol. The molecule has 0 fully saturated rings. The van der Waals surface area contributed by atoms with Crippen molar-refractivity contribution in [1.29, 1.82) is 0 Å². The molecule has 0 aromatic carbocycles. The minimum atomic E-state index is 0.0635. The fourth-order valence-corrected chi connectivity index (χ4v) is 1.92. The van der Waals surface area contributed by atoms with Crippen LogP contribution in [0.15, 0.2) is 16.7 Å². The van der Waals surface area contributed by atoms with Crippen LogP contribution in [0.1, 0.15) is 12.5 Å². The molecule has 0 saturated heterocycles. The van der Waals surface area contributed by atoms with Gasteiger partial charge in [-0.05, 0) is 34.0 Å². The van der Waals surface area contributed by atoms with Crippen LogP contribution >= 0.6 is 15.9 Å². The third-order valence-corrected chi connectivity index (χ3v) is 2.58. The van der Waals surface area contributed by atoms with E-state index >= 15 is 0 Å². The Kier molecular flexibility index (Phi) is 2.07. The first kappa shape index (κ1) is 8.69. The standard InChI is InChI=1S/C9H9BrN2O/c1-6(13)12-3-2-7-4-8(10)5-11-9(7)12/h4-5H,2-3H2,1H3. The number of pyridine rings is 1. The van der Waals surface area contributed by atoms with E-state index < -0.39 is 0 Å². The molecule has 1 aliphatic rings. The fourth-order valence-electron chi connectivity index (χ4n) is 1.55. The molecule has 0 radical (unpaired) electrons. The van der Waals surface area contributed by atoms with Gasteiger partial charge < -0.3 is 0 Å². The van der Waals surface area contributed by atoms with Crippen LogP contribution in [0.3, 0.4) is 0 Å². The van der Waals surface area contributed by atoms with Crippen LogP contribution in [0.5, 0.6) is 0 Å². The predicted octanol–water partition coefficient (Wildman–Crippen LogP) is 1.75. The minimum absolute atomic E-state index is 0.0635. The molecule has 0 saturated carbocycles. The highest BCUT2D eigenvalue weighted by Crippen LogP contribution is 2.27. The summed E-state index contributed by atoms with van der Waals surface area (Å²) in [5.74, 6) is 0.879. The lowest BCUT2D eigenvalue weighted by atomic mass is 10.2. The molecule has 2 rings (SSSR count). The van der Waals surface area contributed by atoms with E-state index in [9.17, 15) is 4.79 Å². The molecule has 1 amide bonds. The molecule has 0 unspecified atom stereocenters. The van der Waals surface area contributed by atoms with Gasteiger partial charge in [-0.2, -0.15) is 0 Å². The Bertz CT molecular complexity index is 365.